The number of carbonyl (C=O) groups excluding carboxylic acids is 2. The van der Waals surface area contributed by atoms with E-state index < -0.39 is 35.8 Å². The third-order valence-electron chi connectivity index (χ3n) is 4.37. The van der Waals surface area contributed by atoms with Crippen LogP contribution in [-0.2, 0) is 28.6 Å². The largest absolute Gasteiger partial charge is 0.494 e. The molecule has 0 radical (unpaired) electrons. The molecule has 0 spiro atoms. The first-order valence-electron chi connectivity index (χ1n) is 10.8. The maximum atomic E-state index is 12.6. The van der Waals surface area contributed by atoms with Gasteiger partial charge >= 0.3 is 17.9 Å². The van der Waals surface area contributed by atoms with Gasteiger partial charge in [-0.15, -0.1) is 0 Å². The fourth-order valence-electron chi connectivity index (χ4n) is 2.65. The number of ether oxygens (including phenoxy) is 3. The SMILES string of the molecule is C.C=CC(=O)OCC(CO/C(C)=C(C)/C=C\C)OC(=O)C1CC=CCC1C(=O)O.CC(C)C. The number of hydrogen-bond acceptors (Lipinski definition) is 6. The minimum atomic E-state index is -1.04. The second-order valence-electron chi connectivity index (χ2n) is 8.17. The molecule has 1 rings (SSSR count). The van der Waals surface area contributed by atoms with Gasteiger partial charge in [-0.1, -0.05) is 59.1 Å². The van der Waals surface area contributed by atoms with E-state index in [1.165, 1.54) is 0 Å². The molecule has 0 saturated heterocycles. The summed E-state index contributed by atoms with van der Waals surface area (Å²) in [6, 6.07) is 0. The quantitative estimate of drug-likeness (QED) is 0.150. The molecule has 0 saturated carbocycles. The van der Waals surface area contributed by atoms with Gasteiger partial charge in [0.15, 0.2) is 6.10 Å². The maximum Gasteiger partial charge on any atom is 0.330 e. The minimum Gasteiger partial charge on any atom is -0.494 e. The highest BCUT2D eigenvalue weighted by molar-refractivity contribution is 5.82. The molecule has 0 heterocycles. The van der Waals surface area contributed by atoms with Gasteiger partial charge < -0.3 is 19.3 Å². The number of carbonyl (C=O) groups is 3. The predicted octanol–water partition coefficient (Wildman–Crippen LogP) is 5.48. The molecular formula is C26H42O7. The van der Waals surface area contributed by atoms with E-state index in [4.69, 9.17) is 14.2 Å². The molecule has 1 aliphatic carbocycles. The average molecular weight is 467 g/mol. The van der Waals surface area contributed by atoms with Crippen LogP contribution in [0.3, 0.4) is 0 Å². The van der Waals surface area contributed by atoms with Gasteiger partial charge in [0.05, 0.1) is 17.6 Å². The zero-order valence-electron chi connectivity index (χ0n) is 20.1. The van der Waals surface area contributed by atoms with Crippen molar-refractivity contribution in [1.29, 1.82) is 0 Å². The van der Waals surface area contributed by atoms with Crippen LogP contribution in [0.5, 0.6) is 0 Å². The number of allylic oxidation sites excluding steroid dienone is 6. The fraction of sp³-hybridized carbons (Fsp3) is 0.577. The van der Waals surface area contributed by atoms with E-state index in [1.54, 1.807) is 19.1 Å². The highest BCUT2D eigenvalue weighted by Crippen LogP contribution is 2.27. The van der Waals surface area contributed by atoms with Gasteiger partial charge in [-0.3, -0.25) is 9.59 Å². The van der Waals surface area contributed by atoms with Crippen LogP contribution in [0, 0.1) is 17.8 Å². The Hall–Kier alpha value is -2.83. The lowest BCUT2D eigenvalue weighted by molar-refractivity contribution is -0.168. The Morgan fingerprint density at radius 3 is 2.06 bits per heavy atom. The van der Waals surface area contributed by atoms with E-state index in [0.29, 0.717) is 5.76 Å². The van der Waals surface area contributed by atoms with E-state index in [2.05, 4.69) is 27.4 Å². The summed E-state index contributed by atoms with van der Waals surface area (Å²) in [5, 5.41) is 9.33. The number of hydrogen-bond donors (Lipinski definition) is 1. The molecular weight excluding hydrogens is 424 g/mol. The van der Waals surface area contributed by atoms with E-state index in [9.17, 15) is 19.5 Å². The van der Waals surface area contributed by atoms with E-state index in [-0.39, 0.29) is 33.5 Å². The third-order valence-corrected chi connectivity index (χ3v) is 4.37. The van der Waals surface area contributed by atoms with Gasteiger partial charge in [0.2, 0.25) is 0 Å². The van der Waals surface area contributed by atoms with Gasteiger partial charge in [-0.2, -0.15) is 0 Å². The van der Waals surface area contributed by atoms with E-state index in [0.717, 1.165) is 17.6 Å². The Balaban J connectivity index is 0. The lowest BCUT2D eigenvalue weighted by Gasteiger charge is -2.26. The second-order valence-corrected chi connectivity index (χ2v) is 8.17. The molecule has 1 N–H and O–H groups in total. The molecule has 0 bridgehead atoms. The Morgan fingerprint density at radius 1 is 1.06 bits per heavy atom. The number of aliphatic carboxylic acids is 1. The average Bonchev–Trinajstić information content (AvgIpc) is 2.74. The van der Waals surface area contributed by atoms with Crippen LogP contribution in [0.2, 0.25) is 0 Å². The molecule has 0 amide bonds. The van der Waals surface area contributed by atoms with Crippen LogP contribution < -0.4 is 0 Å². The predicted molar refractivity (Wildman–Crippen MR) is 130 cm³/mol. The molecule has 188 valence electrons. The van der Waals surface area contributed by atoms with Gasteiger partial charge in [0.25, 0.3) is 0 Å². The first-order chi connectivity index (χ1) is 15.0. The Bertz CT molecular complexity index is 713. The van der Waals surface area contributed by atoms with Crippen molar-refractivity contribution in [3.8, 4) is 0 Å². The lowest BCUT2D eigenvalue weighted by Crippen LogP contribution is -2.37. The molecule has 7 heteroatoms. The van der Waals surface area contributed by atoms with E-state index >= 15 is 0 Å². The lowest BCUT2D eigenvalue weighted by atomic mass is 9.83. The highest BCUT2D eigenvalue weighted by atomic mass is 16.6. The van der Waals surface area contributed by atoms with Gasteiger partial charge in [0.1, 0.15) is 13.2 Å². The van der Waals surface area contributed by atoms with Crippen LogP contribution in [0.15, 0.2) is 48.3 Å². The maximum absolute atomic E-state index is 12.6. The monoisotopic (exact) mass is 466 g/mol. The molecule has 0 aromatic heterocycles. The summed E-state index contributed by atoms with van der Waals surface area (Å²) in [6.07, 6.45) is 7.95. The highest BCUT2D eigenvalue weighted by Gasteiger charge is 2.36. The first-order valence-corrected chi connectivity index (χ1v) is 10.8. The third kappa shape index (κ3) is 14.0. The zero-order chi connectivity index (χ0) is 24.7. The smallest absolute Gasteiger partial charge is 0.330 e. The van der Waals surface area contributed by atoms with Crippen molar-refractivity contribution in [3.63, 3.8) is 0 Å². The van der Waals surface area contributed by atoms with Crippen LogP contribution >= 0.6 is 0 Å². The van der Waals surface area contributed by atoms with Crippen molar-refractivity contribution in [2.24, 2.45) is 17.8 Å². The first kappa shape index (κ1) is 32.4. The fourth-order valence-corrected chi connectivity index (χ4v) is 2.65. The standard InChI is InChI=1S/C21H28O7.C4H10.CH4/c1-5-9-14(3)15(4)26-12-16(13-27-19(22)6-2)28-21(25)18-11-8-7-10-17(18)20(23)24;1-4(2)3;/h5-9,16-18H,2,10-13H2,1,3-4H3,(H,23,24);4H,1-3H3;1H4/b9-5-,15-14+;;. The molecule has 0 aromatic rings. The molecule has 33 heavy (non-hydrogen) atoms. The molecule has 3 unspecified atom stereocenters. The summed E-state index contributed by atoms with van der Waals surface area (Å²) in [6.45, 7) is 15.1. The van der Waals surface area contributed by atoms with Crippen LogP contribution in [0.25, 0.3) is 0 Å². The van der Waals surface area contributed by atoms with E-state index in [1.807, 2.05) is 26.0 Å². The molecule has 3 atom stereocenters. The van der Waals surface area contributed by atoms with Gasteiger partial charge in [-0.25, -0.2) is 4.79 Å². The Labute approximate surface area is 199 Å². The molecule has 0 aromatic carbocycles. The van der Waals surface area contributed by atoms with Crippen molar-refractivity contribution < 1.29 is 33.7 Å². The van der Waals surface area contributed by atoms with Crippen LogP contribution in [0.1, 0.15) is 61.8 Å². The summed E-state index contributed by atoms with van der Waals surface area (Å²) in [5.74, 6) is -2.50. The summed E-state index contributed by atoms with van der Waals surface area (Å²) in [7, 11) is 0. The topological polar surface area (TPSA) is 99.1 Å². The summed E-state index contributed by atoms with van der Waals surface area (Å²) >= 11 is 0. The number of esters is 2. The number of carboxylic acid groups (broad SMARTS) is 1. The summed E-state index contributed by atoms with van der Waals surface area (Å²) in [5.41, 5.74) is 0.902. The number of rotatable bonds is 10. The van der Waals surface area contributed by atoms with Crippen molar-refractivity contribution in [2.45, 2.75) is 67.9 Å². The zero-order valence-corrected chi connectivity index (χ0v) is 20.1. The minimum absolute atomic E-state index is 0. The van der Waals surface area contributed by atoms with Crippen molar-refractivity contribution >= 4 is 17.9 Å². The molecule has 0 fully saturated rings. The molecule has 1 aliphatic rings. The second kappa shape index (κ2) is 17.7. The van der Waals surface area contributed by atoms with Crippen molar-refractivity contribution in [2.75, 3.05) is 13.2 Å². The summed E-state index contributed by atoms with van der Waals surface area (Å²) < 4.78 is 16.1. The molecule has 7 nitrogen and oxygen atoms in total. The number of carboxylic acids is 1. The van der Waals surface area contributed by atoms with Crippen LogP contribution in [0.4, 0.5) is 0 Å². The van der Waals surface area contributed by atoms with Crippen molar-refractivity contribution in [1.82, 2.24) is 0 Å². The van der Waals surface area contributed by atoms with Gasteiger partial charge in [0, 0.05) is 6.08 Å². The normalized spacial score (nSPS) is 18.8. The summed E-state index contributed by atoms with van der Waals surface area (Å²) in [4.78, 5) is 35.3. The molecule has 0 aliphatic heterocycles. The van der Waals surface area contributed by atoms with Gasteiger partial charge in [-0.05, 0) is 45.1 Å². The van der Waals surface area contributed by atoms with Crippen molar-refractivity contribution in [3.05, 3.63) is 48.3 Å². The Kier molecular flexibility index (Phi) is 17.3. The van der Waals surface area contributed by atoms with Crippen LogP contribution in [-0.4, -0.2) is 42.3 Å². The Morgan fingerprint density at radius 2 is 1.58 bits per heavy atom.